The van der Waals surface area contributed by atoms with Crippen LogP contribution in [-0.4, -0.2) is 55.0 Å². The summed E-state index contributed by atoms with van der Waals surface area (Å²) >= 11 is 0. The van der Waals surface area contributed by atoms with Gasteiger partial charge in [0.15, 0.2) is 5.58 Å². The second-order valence-corrected chi connectivity index (χ2v) is 7.17. The van der Waals surface area contributed by atoms with Crippen molar-refractivity contribution < 1.29 is 23.1 Å². The van der Waals surface area contributed by atoms with Crippen molar-refractivity contribution in [1.29, 1.82) is 0 Å². The fraction of sp³-hybridized carbons (Fsp3) is 0.286. The normalized spacial score (nSPS) is 14.1. The number of rotatable bonds is 4. The van der Waals surface area contributed by atoms with Gasteiger partial charge in [-0.1, -0.05) is 6.07 Å². The number of amides is 2. The number of methoxy groups -OCH3 is 1. The van der Waals surface area contributed by atoms with E-state index in [2.05, 4.69) is 10.3 Å². The van der Waals surface area contributed by atoms with Gasteiger partial charge in [-0.15, -0.1) is 0 Å². The highest BCUT2D eigenvalue weighted by atomic mass is 19.1. The van der Waals surface area contributed by atoms with Crippen molar-refractivity contribution in [3.63, 3.8) is 0 Å². The van der Waals surface area contributed by atoms with E-state index in [1.165, 1.54) is 24.1 Å². The SMILES string of the molecule is COCc1ccc(N2CCN(C(=O)C(=O)Nc3ccc4[nH]c(=O)oc4c3)CC2)cc1F. The van der Waals surface area contributed by atoms with Crippen LogP contribution in [0.2, 0.25) is 0 Å². The molecular formula is C21H21FN4O5. The molecule has 1 aliphatic rings. The average Bonchev–Trinajstić information content (AvgIpc) is 3.14. The number of nitrogens with zero attached hydrogens (tertiary/aromatic N) is 2. The van der Waals surface area contributed by atoms with Gasteiger partial charge in [-0.05, 0) is 24.3 Å². The highest BCUT2D eigenvalue weighted by molar-refractivity contribution is 6.39. The van der Waals surface area contributed by atoms with Crippen LogP contribution in [-0.2, 0) is 20.9 Å². The number of aromatic amines is 1. The number of fused-ring (bicyclic) bond motifs is 1. The van der Waals surface area contributed by atoms with Gasteiger partial charge in [0.1, 0.15) is 5.82 Å². The largest absolute Gasteiger partial charge is 0.417 e. The summed E-state index contributed by atoms with van der Waals surface area (Å²) in [6.07, 6.45) is 0. The highest BCUT2D eigenvalue weighted by Gasteiger charge is 2.26. The standard InChI is InChI=1S/C21H21FN4O5/c1-30-12-13-2-4-15(11-16(13)22)25-6-8-26(9-7-25)20(28)19(27)23-14-3-5-17-18(10-14)31-21(29)24-17/h2-5,10-11H,6-9,12H2,1H3,(H,23,27)(H,24,29). The van der Waals surface area contributed by atoms with E-state index in [4.69, 9.17) is 9.15 Å². The molecule has 2 amide bonds. The minimum atomic E-state index is -0.777. The van der Waals surface area contributed by atoms with Gasteiger partial charge in [0, 0.05) is 56.3 Å². The highest BCUT2D eigenvalue weighted by Crippen LogP contribution is 2.21. The Balaban J connectivity index is 1.35. The molecule has 1 aromatic heterocycles. The molecule has 2 heterocycles. The molecule has 0 radical (unpaired) electrons. The Labute approximate surface area is 176 Å². The van der Waals surface area contributed by atoms with Crippen molar-refractivity contribution in [2.75, 3.05) is 43.5 Å². The molecule has 0 aliphatic carbocycles. The van der Waals surface area contributed by atoms with Gasteiger partial charge in [0.05, 0.1) is 12.1 Å². The summed E-state index contributed by atoms with van der Waals surface area (Å²) in [4.78, 5) is 42.0. The van der Waals surface area contributed by atoms with Gasteiger partial charge in [0.2, 0.25) is 0 Å². The summed E-state index contributed by atoms with van der Waals surface area (Å²) in [5.41, 5.74) is 2.33. The lowest BCUT2D eigenvalue weighted by Crippen LogP contribution is -2.51. The minimum Gasteiger partial charge on any atom is -0.408 e. The fourth-order valence-electron chi connectivity index (χ4n) is 3.52. The summed E-state index contributed by atoms with van der Waals surface area (Å²) in [5, 5.41) is 2.53. The molecule has 4 rings (SSSR count). The number of ether oxygens (including phenoxy) is 1. The zero-order valence-electron chi connectivity index (χ0n) is 16.8. The van der Waals surface area contributed by atoms with E-state index in [0.29, 0.717) is 42.9 Å². The predicted molar refractivity (Wildman–Crippen MR) is 111 cm³/mol. The van der Waals surface area contributed by atoms with Gasteiger partial charge in [0.25, 0.3) is 0 Å². The van der Waals surface area contributed by atoms with E-state index >= 15 is 0 Å². The lowest BCUT2D eigenvalue weighted by atomic mass is 10.1. The number of oxazole rings is 1. The molecule has 0 spiro atoms. The maximum atomic E-state index is 14.2. The van der Waals surface area contributed by atoms with Crippen LogP contribution in [0.5, 0.6) is 0 Å². The van der Waals surface area contributed by atoms with Crippen LogP contribution in [0.3, 0.4) is 0 Å². The lowest BCUT2D eigenvalue weighted by molar-refractivity contribution is -0.143. The third kappa shape index (κ3) is 4.43. The first kappa shape index (κ1) is 20.6. The zero-order chi connectivity index (χ0) is 22.0. The van der Waals surface area contributed by atoms with Crippen molar-refractivity contribution in [3.8, 4) is 0 Å². The maximum absolute atomic E-state index is 14.2. The number of hydrogen-bond donors (Lipinski definition) is 2. The zero-order valence-corrected chi connectivity index (χ0v) is 16.8. The lowest BCUT2D eigenvalue weighted by Gasteiger charge is -2.35. The Morgan fingerprint density at radius 3 is 2.65 bits per heavy atom. The van der Waals surface area contributed by atoms with Crippen LogP contribution in [0, 0.1) is 5.82 Å². The van der Waals surface area contributed by atoms with Crippen LogP contribution in [0.4, 0.5) is 15.8 Å². The number of anilines is 2. The molecule has 31 heavy (non-hydrogen) atoms. The summed E-state index contributed by atoms with van der Waals surface area (Å²) in [5.74, 6) is -2.37. The number of H-pyrrole nitrogens is 1. The van der Waals surface area contributed by atoms with Gasteiger partial charge in [-0.3, -0.25) is 14.6 Å². The molecule has 1 aliphatic heterocycles. The van der Waals surface area contributed by atoms with E-state index < -0.39 is 17.6 Å². The molecule has 2 aromatic carbocycles. The number of piperazine rings is 1. The summed E-state index contributed by atoms with van der Waals surface area (Å²) < 4.78 is 24.1. The minimum absolute atomic E-state index is 0.201. The van der Waals surface area contributed by atoms with Crippen LogP contribution in [0.25, 0.3) is 11.1 Å². The Morgan fingerprint density at radius 1 is 1.16 bits per heavy atom. The molecule has 2 N–H and O–H groups in total. The number of halogens is 1. The molecule has 1 fully saturated rings. The van der Waals surface area contributed by atoms with E-state index in [1.54, 1.807) is 18.2 Å². The van der Waals surface area contributed by atoms with Crippen molar-refractivity contribution in [1.82, 2.24) is 9.88 Å². The summed E-state index contributed by atoms with van der Waals surface area (Å²) in [7, 11) is 1.51. The first-order valence-corrected chi connectivity index (χ1v) is 9.70. The molecule has 0 unspecified atom stereocenters. The average molecular weight is 428 g/mol. The molecular weight excluding hydrogens is 407 g/mol. The van der Waals surface area contributed by atoms with Gasteiger partial charge >= 0.3 is 17.6 Å². The first-order valence-electron chi connectivity index (χ1n) is 9.70. The molecule has 0 bridgehead atoms. The molecule has 1 saturated heterocycles. The van der Waals surface area contributed by atoms with E-state index in [-0.39, 0.29) is 18.0 Å². The third-order valence-corrected chi connectivity index (χ3v) is 5.14. The van der Waals surface area contributed by atoms with Crippen LogP contribution < -0.4 is 16.0 Å². The Bertz CT molecular complexity index is 1180. The van der Waals surface area contributed by atoms with Crippen molar-refractivity contribution in [3.05, 3.63) is 58.3 Å². The van der Waals surface area contributed by atoms with Crippen LogP contribution >= 0.6 is 0 Å². The third-order valence-electron chi connectivity index (χ3n) is 5.14. The van der Waals surface area contributed by atoms with Gasteiger partial charge in [-0.2, -0.15) is 0 Å². The van der Waals surface area contributed by atoms with E-state index in [0.717, 1.165) is 5.69 Å². The van der Waals surface area contributed by atoms with Gasteiger partial charge in [-0.25, -0.2) is 9.18 Å². The predicted octanol–water partition coefficient (Wildman–Crippen LogP) is 1.69. The Kier molecular flexibility index (Phi) is 5.72. The maximum Gasteiger partial charge on any atom is 0.417 e. The number of aromatic nitrogens is 1. The Morgan fingerprint density at radius 2 is 1.94 bits per heavy atom. The van der Waals surface area contributed by atoms with Gasteiger partial charge < -0.3 is 24.3 Å². The van der Waals surface area contributed by atoms with E-state index in [1.807, 2.05) is 11.0 Å². The second kappa shape index (κ2) is 8.60. The molecule has 3 aromatic rings. The molecule has 162 valence electrons. The molecule has 0 saturated carbocycles. The number of hydrogen-bond acceptors (Lipinski definition) is 6. The molecule has 9 nitrogen and oxygen atoms in total. The topological polar surface area (TPSA) is 108 Å². The number of carbonyl (C=O) groups excluding carboxylic acids is 2. The Hall–Kier alpha value is -3.66. The second-order valence-electron chi connectivity index (χ2n) is 7.17. The fourth-order valence-corrected chi connectivity index (χ4v) is 3.52. The van der Waals surface area contributed by atoms with Crippen LogP contribution in [0.1, 0.15) is 5.56 Å². The number of nitrogens with one attached hydrogen (secondary N) is 2. The van der Waals surface area contributed by atoms with E-state index in [9.17, 15) is 18.8 Å². The van der Waals surface area contributed by atoms with Crippen molar-refractivity contribution >= 4 is 34.3 Å². The first-order chi connectivity index (χ1) is 14.9. The van der Waals surface area contributed by atoms with Crippen molar-refractivity contribution in [2.45, 2.75) is 6.61 Å². The number of benzene rings is 2. The smallest absolute Gasteiger partial charge is 0.408 e. The number of carbonyl (C=O) groups is 2. The molecule has 0 atom stereocenters. The molecule has 10 heteroatoms. The van der Waals surface area contributed by atoms with Crippen molar-refractivity contribution in [2.24, 2.45) is 0 Å². The van der Waals surface area contributed by atoms with Crippen LogP contribution in [0.15, 0.2) is 45.6 Å². The monoisotopic (exact) mass is 428 g/mol. The quantitative estimate of drug-likeness (QED) is 0.613. The summed E-state index contributed by atoms with van der Waals surface area (Å²) in [6.45, 7) is 1.82. The summed E-state index contributed by atoms with van der Waals surface area (Å²) in [6, 6.07) is 9.57.